The fourth-order valence-corrected chi connectivity index (χ4v) is 2.61. The first-order chi connectivity index (χ1) is 8.79. The molecule has 2 saturated heterocycles. The molecular formula is C13H26N2O3. The van der Waals surface area contributed by atoms with E-state index in [2.05, 4.69) is 16.8 Å². The van der Waals surface area contributed by atoms with E-state index in [0.29, 0.717) is 5.92 Å². The minimum absolute atomic E-state index is 0.0760. The van der Waals surface area contributed by atoms with Crippen molar-refractivity contribution in [3.05, 3.63) is 0 Å². The second kappa shape index (κ2) is 7.40. The summed E-state index contributed by atoms with van der Waals surface area (Å²) in [6.07, 6.45) is 2.27. The minimum Gasteiger partial charge on any atom is -0.392 e. The molecule has 2 heterocycles. The fraction of sp³-hybridized carbons (Fsp3) is 1.00. The van der Waals surface area contributed by atoms with Crippen LogP contribution in [0.25, 0.3) is 0 Å². The van der Waals surface area contributed by atoms with Crippen LogP contribution in [0.2, 0.25) is 0 Å². The zero-order chi connectivity index (χ0) is 12.8. The van der Waals surface area contributed by atoms with Crippen molar-refractivity contribution in [3.8, 4) is 0 Å². The second-order valence-corrected chi connectivity index (χ2v) is 5.37. The van der Waals surface area contributed by atoms with Gasteiger partial charge in [-0.15, -0.1) is 0 Å². The van der Waals surface area contributed by atoms with Gasteiger partial charge in [-0.2, -0.15) is 0 Å². The van der Waals surface area contributed by atoms with Crippen LogP contribution in [0.1, 0.15) is 12.8 Å². The lowest BCUT2D eigenvalue weighted by atomic mass is 9.98. The molecule has 1 atom stereocenters. The van der Waals surface area contributed by atoms with Gasteiger partial charge in [0.15, 0.2) is 0 Å². The Labute approximate surface area is 110 Å². The molecule has 5 nitrogen and oxygen atoms in total. The lowest BCUT2D eigenvalue weighted by Gasteiger charge is -2.35. The topological polar surface area (TPSA) is 45.2 Å². The molecule has 18 heavy (non-hydrogen) atoms. The molecule has 0 aromatic heterocycles. The maximum Gasteiger partial charge on any atom is 0.134 e. The van der Waals surface area contributed by atoms with Crippen molar-refractivity contribution >= 4 is 0 Å². The molecule has 2 rings (SSSR count). The Balaban J connectivity index is 1.69. The van der Waals surface area contributed by atoms with Gasteiger partial charge in [-0.05, 0) is 38.9 Å². The van der Waals surface area contributed by atoms with Crippen LogP contribution in [0.5, 0.6) is 0 Å². The van der Waals surface area contributed by atoms with Crippen molar-refractivity contribution in [1.29, 1.82) is 0 Å². The third-order valence-electron chi connectivity index (χ3n) is 3.97. The van der Waals surface area contributed by atoms with Gasteiger partial charge < -0.3 is 19.5 Å². The number of hydrogen-bond acceptors (Lipinski definition) is 5. The van der Waals surface area contributed by atoms with E-state index in [1.165, 1.54) is 12.8 Å². The number of aliphatic hydroxyl groups excluding tert-OH is 1. The van der Waals surface area contributed by atoms with Crippen LogP contribution in [0.3, 0.4) is 0 Å². The van der Waals surface area contributed by atoms with Crippen LogP contribution in [0, 0.1) is 5.92 Å². The molecule has 106 valence electrons. The van der Waals surface area contributed by atoms with E-state index in [1.807, 2.05) is 0 Å². The highest BCUT2D eigenvalue weighted by Crippen LogP contribution is 2.17. The minimum atomic E-state index is -0.145. The average Bonchev–Trinajstić information content (AvgIpc) is 2.43. The molecule has 0 spiro atoms. The van der Waals surface area contributed by atoms with Crippen molar-refractivity contribution in [2.75, 3.05) is 59.7 Å². The first kappa shape index (κ1) is 14.2. The van der Waals surface area contributed by atoms with E-state index in [-0.39, 0.29) is 12.8 Å². The molecule has 5 heteroatoms. The van der Waals surface area contributed by atoms with Gasteiger partial charge in [0.1, 0.15) is 6.23 Å². The fourth-order valence-electron chi connectivity index (χ4n) is 2.61. The highest BCUT2D eigenvalue weighted by Gasteiger charge is 2.23. The number of piperidine rings is 1. The third-order valence-corrected chi connectivity index (χ3v) is 3.97. The van der Waals surface area contributed by atoms with Crippen molar-refractivity contribution in [2.45, 2.75) is 19.1 Å². The maximum atomic E-state index is 9.43. The quantitative estimate of drug-likeness (QED) is 0.752. The molecule has 2 aliphatic rings. The van der Waals surface area contributed by atoms with E-state index < -0.39 is 0 Å². The summed E-state index contributed by atoms with van der Waals surface area (Å²) in [7, 11) is 2.17. The average molecular weight is 258 g/mol. The van der Waals surface area contributed by atoms with E-state index in [9.17, 15) is 5.11 Å². The van der Waals surface area contributed by atoms with Crippen LogP contribution in [0.4, 0.5) is 0 Å². The number of morpholine rings is 1. The summed E-state index contributed by atoms with van der Waals surface area (Å²) in [6.45, 7) is 6.38. The highest BCUT2D eigenvalue weighted by atomic mass is 16.5. The molecule has 1 unspecified atom stereocenters. The summed E-state index contributed by atoms with van der Waals surface area (Å²) in [5, 5.41) is 9.43. The largest absolute Gasteiger partial charge is 0.392 e. The molecular weight excluding hydrogens is 232 g/mol. The molecule has 0 aliphatic carbocycles. The molecule has 0 saturated carbocycles. The van der Waals surface area contributed by atoms with E-state index in [0.717, 1.165) is 46.0 Å². The molecule has 2 fully saturated rings. The van der Waals surface area contributed by atoms with Gasteiger partial charge in [0.05, 0.1) is 26.4 Å². The predicted octanol–water partition coefficient (Wildman–Crippen LogP) is -0.00460. The molecule has 1 N–H and O–H groups in total. The Morgan fingerprint density at radius 2 is 1.89 bits per heavy atom. The zero-order valence-corrected chi connectivity index (χ0v) is 11.4. The lowest BCUT2D eigenvalue weighted by molar-refractivity contribution is -0.125. The number of ether oxygens (including phenoxy) is 2. The molecule has 0 aromatic carbocycles. The molecule has 0 amide bonds. The van der Waals surface area contributed by atoms with E-state index >= 15 is 0 Å². The lowest BCUT2D eigenvalue weighted by Crippen LogP contribution is -2.47. The standard InChI is InChI=1S/C13H26N2O3/c1-14-4-2-12(3-5-14)11-18-13(10-16)15-6-8-17-9-7-15/h12-13,16H,2-11H2,1H3. The van der Waals surface area contributed by atoms with Crippen LogP contribution in [-0.4, -0.2) is 80.8 Å². The summed E-state index contributed by atoms with van der Waals surface area (Å²) < 4.78 is 11.2. The van der Waals surface area contributed by atoms with Gasteiger partial charge >= 0.3 is 0 Å². The Morgan fingerprint density at radius 1 is 1.22 bits per heavy atom. The van der Waals surface area contributed by atoms with Crippen molar-refractivity contribution < 1.29 is 14.6 Å². The molecule has 2 aliphatic heterocycles. The van der Waals surface area contributed by atoms with E-state index in [4.69, 9.17) is 9.47 Å². The SMILES string of the molecule is CN1CCC(COC(CO)N2CCOCC2)CC1. The highest BCUT2D eigenvalue weighted by molar-refractivity contribution is 4.71. The van der Waals surface area contributed by atoms with Gasteiger partial charge in [-0.1, -0.05) is 0 Å². The summed E-state index contributed by atoms with van der Waals surface area (Å²) in [5.74, 6) is 0.649. The van der Waals surface area contributed by atoms with Gasteiger partial charge in [0.2, 0.25) is 0 Å². The Hall–Kier alpha value is -0.200. The summed E-state index contributed by atoms with van der Waals surface area (Å²) >= 11 is 0. The monoisotopic (exact) mass is 258 g/mol. The first-order valence-electron chi connectivity index (χ1n) is 7.02. The first-order valence-corrected chi connectivity index (χ1v) is 7.02. The van der Waals surface area contributed by atoms with Crippen molar-refractivity contribution in [1.82, 2.24) is 9.80 Å². The van der Waals surface area contributed by atoms with Crippen LogP contribution in [0.15, 0.2) is 0 Å². The van der Waals surface area contributed by atoms with Gasteiger partial charge in [0.25, 0.3) is 0 Å². The maximum absolute atomic E-state index is 9.43. The van der Waals surface area contributed by atoms with Gasteiger partial charge in [-0.3, -0.25) is 4.90 Å². The van der Waals surface area contributed by atoms with Crippen LogP contribution < -0.4 is 0 Å². The number of hydrogen-bond donors (Lipinski definition) is 1. The second-order valence-electron chi connectivity index (χ2n) is 5.37. The smallest absolute Gasteiger partial charge is 0.134 e. The molecule has 0 radical (unpaired) electrons. The summed E-state index contributed by atoms with van der Waals surface area (Å²) in [5.41, 5.74) is 0. The molecule has 0 aromatic rings. The molecule has 0 bridgehead atoms. The number of rotatable bonds is 5. The summed E-state index contributed by atoms with van der Waals surface area (Å²) in [4.78, 5) is 4.54. The van der Waals surface area contributed by atoms with Crippen molar-refractivity contribution in [3.63, 3.8) is 0 Å². The number of nitrogens with zero attached hydrogens (tertiary/aromatic N) is 2. The Kier molecular flexibility index (Phi) is 5.85. The normalized spacial score (nSPS) is 26.3. The third kappa shape index (κ3) is 4.17. The number of aliphatic hydroxyl groups is 1. The van der Waals surface area contributed by atoms with Gasteiger partial charge in [0, 0.05) is 13.1 Å². The number of likely N-dealkylation sites (tertiary alicyclic amines) is 1. The predicted molar refractivity (Wildman–Crippen MR) is 69.4 cm³/mol. The van der Waals surface area contributed by atoms with Crippen molar-refractivity contribution in [2.24, 2.45) is 5.92 Å². The van der Waals surface area contributed by atoms with Gasteiger partial charge in [-0.25, -0.2) is 0 Å². The Bertz CT molecular complexity index is 226. The van der Waals surface area contributed by atoms with Crippen LogP contribution >= 0.6 is 0 Å². The summed E-state index contributed by atoms with van der Waals surface area (Å²) in [6, 6.07) is 0. The Morgan fingerprint density at radius 3 is 2.50 bits per heavy atom. The van der Waals surface area contributed by atoms with E-state index in [1.54, 1.807) is 0 Å². The van der Waals surface area contributed by atoms with Crippen LogP contribution in [-0.2, 0) is 9.47 Å². The zero-order valence-electron chi connectivity index (χ0n) is 11.4.